The van der Waals surface area contributed by atoms with Gasteiger partial charge >= 0.3 is 0 Å². The minimum atomic E-state index is 0.640. The highest BCUT2D eigenvalue weighted by molar-refractivity contribution is 6.10. The van der Waals surface area contributed by atoms with Crippen LogP contribution in [0.3, 0.4) is 0 Å². The van der Waals surface area contributed by atoms with Crippen molar-refractivity contribution >= 4 is 27.5 Å². The zero-order chi connectivity index (χ0) is 34.1. The molecule has 2 heteroatoms. The largest absolute Gasteiger partial charge is 0.309 e. The Morgan fingerprint density at radius 1 is 0.314 bits per heavy atom. The van der Waals surface area contributed by atoms with Crippen LogP contribution < -0.4 is 0 Å². The third-order valence-electron chi connectivity index (χ3n) is 9.77. The number of fused-ring (bicyclic) bond motifs is 3. The number of rotatable bonds is 6. The van der Waals surface area contributed by atoms with Crippen molar-refractivity contribution in [2.75, 3.05) is 0 Å². The average Bonchev–Trinajstić information content (AvgIpc) is 3.55. The molecule has 0 fully saturated rings. The molecule has 0 spiro atoms. The molecule has 0 N–H and O–H groups in total. The number of nitrogens with zero attached hydrogens (tertiary/aromatic N) is 2. The third-order valence-corrected chi connectivity index (χ3v) is 9.77. The van der Waals surface area contributed by atoms with Crippen molar-refractivity contribution in [3.05, 3.63) is 206 Å². The van der Waals surface area contributed by atoms with Gasteiger partial charge in [0.05, 0.1) is 17.6 Å². The molecular formula is C49H32N2. The van der Waals surface area contributed by atoms with Crippen LogP contribution in [0.1, 0.15) is 0 Å². The summed E-state index contributed by atoms with van der Waals surface area (Å²) < 4.78 is 2.40. The molecule has 0 aliphatic heterocycles. The van der Waals surface area contributed by atoms with Crippen LogP contribution in [-0.4, -0.2) is 4.57 Å². The molecular weight excluding hydrogens is 617 g/mol. The molecule has 51 heavy (non-hydrogen) atoms. The molecule has 0 amide bonds. The Hall–Kier alpha value is -6.95. The minimum absolute atomic E-state index is 0.640. The highest BCUT2D eigenvalue weighted by atomic mass is 15.0. The van der Waals surface area contributed by atoms with Gasteiger partial charge in [-0.15, -0.1) is 0 Å². The van der Waals surface area contributed by atoms with Gasteiger partial charge in [0.1, 0.15) is 0 Å². The normalized spacial score (nSPS) is 11.1. The van der Waals surface area contributed by atoms with E-state index in [2.05, 4.69) is 179 Å². The zero-order valence-electron chi connectivity index (χ0n) is 27.9. The summed E-state index contributed by atoms with van der Waals surface area (Å²) in [6.07, 6.45) is 0. The number of hydrogen-bond acceptors (Lipinski definition) is 0. The van der Waals surface area contributed by atoms with Crippen LogP contribution in [0.2, 0.25) is 0 Å². The summed E-state index contributed by atoms with van der Waals surface area (Å²) in [7, 11) is 0. The third kappa shape index (κ3) is 5.68. The molecule has 0 aliphatic rings. The summed E-state index contributed by atoms with van der Waals surface area (Å²) in [5.74, 6) is 0. The van der Waals surface area contributed by atoms with E-state index in [9.17, 15) is 0 Å². The molecule has 0 aliphatic carbocycles. The monoisotopic (exact) mass is 648 g/mol. The van der Waals surface area contributed by atoms with E-state index < -0.39 is 0 Å². The Morgan fingerprint density at radius 3 is 1.25 bits per heavy atom. The van der Waals surface area contributed by atoms with Crippen LogP contribution in [0.15, 0.2) is 194 Å². The topological polar surface area (TPSA) is 9.29 Å². The number of aromatic nitrogens is 1. The fourth-order valence-corrected chi connectivity index (χ4v) is 7.25. The fourth-order valence-electron chi connectivity index (χ4n) is 7.25. The molecule has 0 unspecified atom stereocenters. The van der Waals surface area contributed by atoms with Gasteiger partial charge in [-0.25, -0.2) is 4.85 Å². The van der Waals surface area contributed by atoms with E-state index in [0.29, 0.717) is 5.69 Å². The smallest absolute Gasteiger partial charge is 0.187 e. The number of benzene rings is 8. The quantitative estimate of drug-likeness (QED) is 0.159. The maximum atomic E-state index is 7.44. The van der Waals surface area contributed by atoms with Crippen molar-refractivity contribution in [1.29, 1.82) is 0 Å². The first-order valence-electron chi connectivity index (χ1n) is 17.2. The van der Waals surface area contributed by atoms with Crippen LogP contribution in [0.4, 0.5) is 5.69 Å². The molecule has 8 aromatic carbocycles. The van der Waals surface area contributed by atoms with E-state index in [-0.39, 0.29) is 0 Å². The van der Waals surface area contributed by atoms with E-state index >= 15 is 0 Å². The van der Waals surface area contributed by atoms with Crippen molar-refractivity contribution in [3.8, 4) is 61.3 Å². The molecule has 0 atom stereocenters. The van der Waals surface area contributed by atoms with Gasteiger partial charge in [0.15, 0.2) is 5.69 Å². The standard InChI is InChI=1S/C49H32N2/c1-50-44-24-21-37(22-25-44)43-30-42(36-17-9-4-10-18-36)31-45(32-43)51-48-20-12-11-19-46(48)47-33-38(23-26-49(47)51)41-28-39(34-13-5-2-6-14-34)27-40(29-41)35-15-7-3-8-16-35/h2-33H. The molecule has 9 aromatic rings. The maximum Gasteiger partial charge on any atom is 0.187 e. The molecule has 9 rings (SSSR count). The van der Waals surface area contributed by atoms with Crippen LogP contribution >= 0.6 is 0 Å². The molecule has 1 heterocycles. The van der Waals surface area contributed by atoms with Crippen molar-refractivity contribution < 1.29 is 0 Å². The van der Waals surface area contributed by atoms with Crippen molar-refractivity contribution in [2.45, 2.75) is 0 Å². The van der Waals surface area contributed by atoms with Gasteiger partial charge in [-0.1, -0.05) is 140 Å². The van der Waals surface area contributed by atoms with E-state index in [4.69, 9.17) is 6.57 Å². The Labute approximate surface area is 298 Å². The zero-order valence-corrected chi connectivity index (χ0v) is 27.9. The Morgan fingerprint density at radius 2 is 0.725 bits per heavy atom. The van der Waals surface area contributed by atoms with Gasteiger partial charge in [-0.3, -0.25) is 0 Å². The molecule has 238 valence electrons. The molecule has 0 saturated carbocycles. The summed E-state index contributed by atoms with van der Waals surface area (Å²) in [6, 6.07) is 69.1. The lowest BCUT2D eigenvalue weighted by atomic mass is 9.93. The highest BCUT2D eigenvalue weighted by Gasteiger charge is 2.16. The van der Waals surface area contributed by atoms with E-state index in [1.165, 1.54) is 44.2 Å². The second kappa shape index (κ2) is 12.8. The Bertz CT molecular complexity index is 2660. The van der Waals surface area contributed by atoms with E-state index in [1.54, 1.807) is 0 Å². The predicted molar refractivity (Wildman–Crippen MR) is 214 cm³/mol. The summed E-state index contributed by atoms with van der Waals surface area (Å²) >= 11 is 0. The van der Waals surface area contributed by atoms with Gasteiger partial charge in [-0.2, -0.15) is 0 Å². The lowest BCUT2D eigenvalue weighted by Crippen LogP contribution is -1.96. The molecule has 0 saturated heterocycles. The van der Waals surface area contributed by atoms with Gasteiger partial charge in [0, 0.05) is 16.5 Å². The Balaban J connectivity index is 1.25. The van der Waals surface area contributed by atoms with Gasteiger partial charge < -0.3 is 4.57 Å². The van der Waals surface area contributed by atoms with E-state index in [1.807, 2.05) is 24.3 Å². The summed E-state index contributed by atoms with van der Waals surface area (Å²) in [5.41, 5.74) is 15.7. The minimum Gasteiger partial charge on any atom is -0.309 e. The van der Waals surface area contributed by atoms with Crippen molar-refractivity contribution in [3.63, 3.8) is 0 Å². The maximum absolute atomic E-state index is 7.44. The first-order chi connectivity index (χ1) is 25.2. The van der Waals surface area contributed by atoms with Crippen molar-refractivity contribution in [1.82, 2.24) is 4.57 Å². The average molecular weight is 649 g/mol. The van der Waals surface area contributed by atoms with Gasteiger partial charge in [0.2, 0.25) is 0 Å². The van der Waals surface area contributed by atoms with Gasteiger partial charge in [0.25, 0.3) is 0 Å². The SMILES string of the molecule is [C-]#[N+]c1ccc(-c2cc(-c3ccccc3)cc(-n3c4ccccc4c4cc(-c5cc(-c6ccccc6)cc(-c6ccccc6)c5)ccc43)c2)cc1. The first-order valence-corrected chi connectivity index (χ1v) is 17.2. The van der Waals surface area contributed by atoms with Crippen LogP contribution in [-0.2, 0) is 0 Å². The van der Waals surface area contributed by atoms with E-state index in [0.717, 1.165) is 39.0 Å². The van der Waals surface area contributed by atoms with Crippen LogP contribution in [0.25, 0.3) is 88.0 Å². The molecule has 1 aromatic heterocycles. The van der Waals surface area contributed by atoms with Gasteiger partial charge in [-0.05, 0) is 110 Å². The molecule has 0 radical (unpaired) electrons. The first kappa shape index (κ1) is 30.1. The Kier molecular flexibility index (Phi) is 7.58. The lowest BCUT2D eigenvalue weighted by Gasteiger charge is -2.14. The second-order valence-corrected chi connectivity index (χ2v) is 12.9. The lowest BCUT2D eigenvalue weighted by molar-refractivity contribution is 1.18. The summed E-state index contributed by atoms with van der Waals surface area (Å²) in [5, 5.41) is 2.42. The predicted octanol–water partition coefficient (Wildman–Crippen LogP) is 13.7. The van der Waals surface area contributed by atoms with Crippen LogP contribution in [0, 0.1) is 6.57 Å². The fraction of sp³-hybridized carbons (Fsp3) is 0. The van der Waals surface area contributed by atoms with Crippen LogP contribution in [0.5, 0.6) is 0 Å². The second-order valence-electron chi connectivity index (χ2n) is 12.9. The summed E-state index contributed by atoms with van der Waals surface area (Å²) in [4.78, 5) is 3.61. The summed E-state index contributed by atoms with van der Waals surface area (Å²) in [6.45, 7) is 7.44. The molecule has 0 bridgehead atoms. The highest BCUT2D eigenvalue weighted by Crippen LogP contribution is 2.39. The molecule has 2 nitrogen and oxygen atoms in total. The number of para-hydroxylation sites is 1. The number of hydrogen-bond donors (Lipinski definition) is 0. The van der Waals surface area contributed by atoms with Crippen molar-refractivity contribution in [2.24, 2.45) is 0 Å².